The van der Waals surface area contributed by atoms with Crippen LogP contribution in [0.1, 0.15) is 13.3 Å². The molecule has 0 aliphatic carbocycles. The maximum atomic E-state index is 13.7. The van der Waals surface area contributed by atoms with Gasteiger partial charge in [-0.2, -0.15) is 0 Å². The van der Waals surface area contributed by atoms with Gasteiger partial charge in [-0.05, 0) is 30.7 Å². The quantitative estimate of drug-likeness (QED) is 0.875. The van der Waals surface area contributed by atoms with E-state index < -0.39 is 11.9 Å². The van der Waals surface area contributed by atoms with E-state index in [1.807, 2.05) is 31.2 Å². The van der Waals surface area contributed by atoms with E-state index in [2.05, 4.69) is 5.32 Å². The van der Waals surface area contributed by atoms with Gasteiger partial charge in [0.05, 0.1) is 6.54 Å². The number of rotatable bonds is 6. The van der Waals surface area contributed by atoms with Gasteiger partial charge in [-0.15, -0.1) is 0 Å². The van der Waals surface area contributed by atoms with E-state index in [1.165, 1.54) is 12.1 Å². The lowest BCUT2D eigenvalue weighted by molar-refractivity contribution is -0.128. The largest absolute Gasteiger partial charge is 0.486 e. The van der Waals surface area contributed by atoms with Crippen LogP contribution in [-0.4, -0.2) is 31.3 Å². The molecule has 2 aromatic rings. The summed E-state index contributed by atoms with van der Waals surface area (Å²) in [6.45, 7) is 2.44. The second-order valence-electron chi connectivity index (χ2n) is 5.69. The molecule has 1 aliphatic heterocycles. The van der Waals surface area contributed by atoms with Gasteiger partial charge in [-0.1, -0.05) is 31.2 Å². The van der Waals surface area contributed by atoms with Crippen molar-refractivity contribution >= 4 is 5.91 Å². The Morgan fingerprint density at radius 1 is 1.24 bits per heavy atom. The van der Waals surface area contributed by atoms with Crippen LogP contribution in [0.3, 0.4) is 0 Å². The summed E-state index contributed by atoms with van der Waals surface area (Å²) < 4.78 is 30.6. The first-order valence-electron chi connectivity index (χ1n) is 8.24. The summed E-state index contributed by atoms with van der Waals surface area (Å²) in [7, 11) is 0. The maximum absolute atomic E-state index is 13.7. The predicted octanol–water partition coefficient (Wildman–Crippen LogP) is 2.94. The zero-order valence-electron chi connectivity index (χ0n) is 13.9. The Morgan fingerprint density at radius 2 is 1.96 bits per heavy atom. The minimum absolute atomic E-state index is 0.0654. The van der Waals surface area contributed by atoms with Crippen molar-refractivity contribution in [1.82, 2.24) is 5.32 Å². The molecule has 0 fully saturated rings. The van der Waals surface area contributed by atoms with Crippen molar-refractivity contribution in [2.75, 3.05) is 13.2 Å². The van der Waals surface area contributed by atoms with Gasteiger partial charge in [0.1, 0.15) is 12.7 Å². The summed E-state index contributed by atoms with van der Waals surface area (Å²) >= 11 is 0. The van der Waals surface area contributed by atoms with E-state index in [0.717, 1.165) is 0 Å². The van der Waals surface area contributed by atoms with Gasteiger partial charge >= 0.3 is 0 Å². The Labute approximate surface area is 145 Å². The number of ether oxygens (including phenoxy) is 3. The van der Waals surface area contributed by atoms with Crippen LogP contribution in [0, 0.1) is 5.82 Å². The normalized spacial score (nSPS) is 16.8. The first-order chi connectivity index (χ1) is 12.2. The van der Waals surface area contributed by atoms with Crippen molar-refractivity contribution in [2.45, 2.75) is 25.6 Å². The average molecular weight is 345 g/mol. The molecule has 0 aromatic heterocycles. The number of nitrogens with one attached hydrogen (secondary N) is 1. The number of carbonyl (C=O) groups excluding carboxylic acids is 1. The molecule has 2 aromatic carbocycles. The second-order valence-corrected chi connectivity index (χ2v) is 5.69. The Bertz CT molecular complexity index is 737. The third-order valence-corrected chi connectivity index (χ3v) is 3.84. The highest BCUT2D eigenvalue weighted by Crippen LogP contribution is 2.30. The summed E-state index contributed by atoms with van der Waals surface area (Å²) in [6.07, 6.45) is -0.635. The number of para-hydroxylation sites is 3. The molecule has 0 saturated carbocycles. The molecule has 1 heterocycles. The average Bonchev–Trinajstić information content (AvgIpc) is 2.65. The van der Waals surface area contributed by atoms with E-state index in [1.54, 1.807) is 12.1 Å². The molecule has 0 spiro atoms. The summed E-state index contributed by atoms with van der Waals surface area (Å²) in [5, 5.41) is 2.78. The highest BCUT2D eigenvalue weighted by molar-refractivity contribution is 5.81. The third kappa shape index (κ3) is 4.21. The van der Waals surface area contributed by atoms with Crippen molar-refractivity contribution in [3.05, 3.63) is 54.3 Å². The number of halogens is 1. The van der Waals surface area contributed by atoms with E-state index >= 15 is 0 Å². The minimum Gasteiger partial charge on any atom is -0.486 e. The second kappa shape index (κ2) is 7.88. The fourth-order valence-corrected chi connectivity index (χ4v) is 2.51. The molecule has 0 radical (unpaired) electrons. The number of fused-ring (bicyclic) bond motifs is 1. The Hall–Kier alpha value is -2.76. The van der Waals surface area contributed by atoms with Gasteiger partial charge in [0.15, 0.2) is 29.2 Å². The van der Waals surface area contributed by atoms with E-state index in [4.69, 9.17) is 14.2 Å². The molecule has 1 N–H and O–H groups in total. The summed E-state index contributed by atoms with van der Waals surface area (Å²) in [4.78, 5) is 12.3. The Kier molecular flexibility index (Phi) is 5.38. The molecule has 0 bridgehead atoms. The topological polar surface area (TPSA) is 56.8 Å². The number of hydrogen-bond donors (Lipinski definition) is 1. The van der Waals surface area contributed by atoms with Crippen LogP contribution in [0.2, 0.25) is 0 Å². The maximum Gasteiger partial charge on any atom is 0.261 e. The molecule has 5 nitrogen and oxygen atoms in total. The SMILES string of the molecule is CC[C@@H](Oc1ccccc1F)C(=O)NC[C@@H]1COc2ccccc2O1. The van der Waals surface area contributed by atoms with Gasteiger partial charge in [-0.3, -0.25) is 4.79 Å². The first kappa shape index (κ1) is 17.1. The van der Waals surface area contributed by atoms with Crippen LogP contribution in [0.25, 0.3) is 0 Å². The van der Waals surface area contributed by atoms with Crippen LogP contribution in [0.4, 0.5) is 4.39 Å². The molecule has 3 rings (SSSR count). The smallest absolute Gasteiger partial charge is 0.261 e. The van der Waals surface area contributed by atoms with Crippen LogP contribution in [0.5, 0.6) is 17.2 Å². The van der Waals surface area contributed by atoms with Crippen molar-refractivity contribution in [3.8, 4) is 17.2 Å². The van der Waals surface area contributed by atoms with Gasteiger partial charge in [0, 0.05) is 0 Å². The van der Waals surface area contributed by atoms with E-state index in [-0.39, 0.29) is 24.3 Å². The molecule has 25 heavy (non-hydrogen) atoms. The molecule has 0 saturated heterocycles. The number of hydrogen-bond acceptors (Lipinski definition) is 4. The standard InChI is InChI=1S/C19H20FNO4/c1-2-15(25-16-8-4-3-7-14(16)20)19(22)21-11-13-12-23-17-9-5-6-10-18(17)24-13/h3-10,13,15H,2,11-12H2,1H3,(H,21,22)/t13-,15-/m1/s1. The lowest BCUT2D eigenvalue weighted by Crippen LogP contribution is -2.45. The zero-order chi connectivity index (χ0) is 17.6. The van der Waals surface area contributed by atoms with Gasteiger partial charge in [0.2, 0.25) is 0 Å². The first-order valence-corrected chi connectivity index (χ1v) is 8.24. The predicted molar refractivity (Wildman–Crippen MR) is 90.5 cm³/mol. The van der Waals surface area contributed by atoms with Gasteiger partial charge < -0.3 is 19.5 Å². The highest BCUT2D eigenvalue weighted by atomic mass is 19.1. The van der Waals surface area contributed by atoms with Gasteiger partial charge in [0.25, 0.3) is 5.91 Å². The lowest BCUT2D eigenvalue weighted by atomic mass is 10.2. The molecule has 132 valence electrons. The minimum atomic E-state index is -0.770. The number of benzene rings is 2. The molecule has 0 unspecified atom stereocenters. The van der Waals surface area contributed by atoms with Crippen LogP contribution >= 0.6 is 0 Å². The van der Waals surface area contributed by atoms with Crippen molar-refractivity contribution in [3.63, 3.8) is 0 Å². The van der Waals surface area contributed by atoms with Crippen molar-refractivity contribution < 1.29 is 23.4 Å². The summed E-state index contributed by atoms with van der Waals surface area (Å²) in [6, 6.07) is 13.4. The number of amides is 1. The molecular formula is C19H20FNO4. The van der Waals surface area contributed by atoms with Crippen LogP contribution in [-0.2, 0) is 4.79 Å². The van der Waals surface area contributed by atoms with Crippen LogP contribution in [0.15, 0.2) is 48.5 Å². The van der Waals surface area contributed by atoms with E-state index in [0.29, 0.717) is 24.5 Å². The molecule has 1 amide bonds. The number of carbonyl (C=O) groups is 1. The zero-order valence-corrected chi connectivity index (χ0v) is 13.9. The highest BCUT2D eigenvalue weighted by Gasteiger charge is 2.24. The monoisotopic (exact) mass is 345 g/mol. The lowest BCUT2D eigenvalue weighted by Gasteiger charge is -2.27. The molecule has 2 atom stereocenters. The Morgan fingerprint density at radius 3 is 2.72 bits per heavy atom. The van der Waals surface area contributed by atoms with Crippen molar-refractivity contribution in [2.24, 2.45) is 0 Å². The summed E-state index contributed by atoms with van der Waals surface area (Å²) in [5.41, 5.74) is 0. The fraction of sp³-hybridized carbons (Fsp3) is 0.316. The molecular weight excluding hydrogens is 325 g/mol. The van der Waals surface area contributed by atoms with Crippen molar-refractivity contribution in [1.29, 1.82) is 0 Å². The molecule has 6 heteroatoms. The van der Waals surface area contributed by atoms with Crippen LogP contribution < -0.4 is 19.5 Å². The van der Waals surface area contributed by atoms with E-state index in [9.17, 15) is 9.18 Å². The van der Waals surface area contributed by atoms with Gasteiger partial charge in [-0.25, -0.2) is 4.39 Å². The fourth-order valence-electron chi connectivity index (χ4n) is 2.51. The summed E-state index contributed by atoms with van der Waals surface area (Å²) in [5.74, 6) is 0.611. The molecule has 1 aliphatic rings. The Balaban J connectivity index is 1.54. The third-order valence-electron chi connectivity index (χ3n) is 3.84.